The summed E-state index contributed by atoms with van der Waals surface area (Å²) in [6.45, 7) is 3.52. The van der Waals surface area contributed by atoms with Gasteiger partial charge in [-0.25, -0.2) is 4.39 Å². The van der Waals surface area contributed by atoms with E-state index in [2.05, 4.69) is 23.6 Å². The SMILES string of the molecule is COc1ccc(C)cc1CCNC(=S)NCCc1ccc(F)cc1. The summed E-state index contributed by atoms with van der Waals surface area (Å²) in [6, 6.07) is 12.7. The van der Waals surface area contributed by atoms with Gasteiger partial charge in [-0.1, -0.05) is 29.8 Å². The zero-order valence-electron chi connectivity index (χ0n) is 14.1. The van der Waals surface area contributed by atoms with E-state index in [0.717, 1.165) is 30.7 Å². The van der Waals surface area contributed by atoms with E-state index in [1.165, 1.54) is 23.3 Å². The number of hydrogen-bond acceptors (Lipinski definition) is 2. The van der Waals surface area contributed by atoms with Crippen LogP contribution in [0.5, 0.6) is 5.75 Å². The highest BCUT2D eigenvalue weighted by Gasteiger charge is 2.03. The van der Waals surface area contributed by atoms with E-state index >= 15 is 0 Å². The van der Waals surface area contributed by atoms with Crippen molar-refractivity contribution < 1.29 is 9.13 Å². The van der Waals surface area contributed by atoms with Crippen LogP contribution < -0.4 is 15.4 Å². The molecule has 2 aromatic carbocycles. The summed E-state index contributed by atoms with van der Waals surface area (Å²) in [5.41, 5.74) is 3.46. The van der Waals surface area contributed by atoms with Crippen LogP contribution in [-0.2, 0) is 12.8 Å². The van der Waals surface area contributed by atoms with Gasteiger partial charge in [0.2, 0.25) is 0 Å². The average molecular weight is 346 g/mol. The number of hydrogen-bond donors (Lipinski definition) is 2. The van der Waals surface area contributed by atoms with Crippen LogP contribution in [0.4, 0.5) is 4.39 Å². The number of methoxy groups -OCH3 is 1. The number of rotatable bonds is 7. The molecule has 0 aliphatic rings. The third-order valence-corrected chi connectivity index (χ3v) is 4.02. The summed E-state index contributed by atoms with van der Waals surface area (Å²) in [5, 5.41) is 7.00. The van der Waals surface area contributed by atoms with Crippen molar-refractivity contribution in [2.75, 3.05) is 20.2 Å². The van der Waals surface area contributed by atoms with Crippen molar-refractivity contribution in [3.05, 3.63) is 65.0 Å². The first-order chi connectivity index (χ1) is 11.6. The topological polar surface area (TPSA) is 33.3 Å². The van der Waals surface area contributed by atoms with Crippen LogP contribution >= 0.6 is 12.2 Å². The zero-order valence-corrected chi connectivity index (χ0v) is 14.9. The molecular formula is C19H23FN2OS. The molecule has 0 bridgehead atoms. The van der Waals surface area contributed by atoms with E-state index in [1.807, 2.05) is 12.1 Å². The normalized spacial score (nSPS) is 10.3. The maximum atomic E-state index is 12.8. The minimum absolute atomic E-state index is 0.213. The van der Waals surface area contributed by atoms with Crippen LogP contribution in [0.3, 0.4) is 0 Å². The summed E-state index contributed by atoms with van der Waals surface area (Å²) in [6.07, 6.45) is 1.64. The van der Waals surface area contributed by atoms with Crippen molar-refractivity contribution in [1.29, 1.82) is 0 Å². The smallest absolute Gasteiger partial charge is 0.166 e. The summed E-state index contributed by atoms with van der Waals surface area (Å²) in [4.78, 5) is 0. The van der Waals surface area contributed by atoms with Gasteiger partial charge in [0.05, 0.1) is 7.11 Å². The largest absolute Gasteiger partial charge is 0.496 e. The molecule has 5 heteroatoms. The van der Waals surface area contributed by atoms with Crippen molar-refractivity contribution in [3.63, 3.8) is 0 Å². The van der Waals surface area contributed by atoms with Gasteiger partial charge >= 0.3 is 0 Å². The number of aryl methyl sites for hydroxylation is 1. The van der Waals surface area contributed by atoms with Crippen molar-refractivity contribution in [3.8, 4) is 5.75 Å². The first kappa shape index (κ1) is 18.2. The van der Waals surface area contributed by atoms with Gasteiger partial charge in [-0.3, -0.25) is 0 Å². The predicted molar refractivity (Wildman–Crippen MR) is 100 cm³/mol. The predicted octanol–water partition coefficient (Wildman–Crippen LogP) is 3.39. The lowest BCUT2D eigenvalue weighted by molar-refractivity contribution is 0.409. The Bertz CT molecular complexity index is 674. The van der Waals surface area contributed by atoms with Crippen LogP contribution in [0.15, 0.2) is 42.5 Å². The molecule has 0 saturated carbocycles. The molecule has 0 radical (unpaired) electrons. The lowest BCUT2D eigenvalue weighted by Crippen LogP contribution is -2.37. The van der Waals surface area contributed by atoms with E-state index in [1.54, 1.807) is 19.2 Å². The van der Waals surface area contributed by atoms with Crippen LogP contribution in [0.25, 0.3) is 0 Å². The quantitative estimate of drug-likeness (QED) is 0.753. The molecule has 0 saturated heterocycles. The molecule has 0 unspecified atom stereocenters. The monoisotopic (exact) mass is 346 g/mol. The number of halogens is 1. The molecule has 0 spiro atoms. The van der Waals surface area contributed by atoms with Gasteiger partial charge < -0.3 is 15.4 Å². The van der Waals surface area contributed by atoms with Gasteiger partial charge in [0.15, 0.2) is 5.11 Å². The van der Waals surface area contributed by atoms with Gasteiger partial charge in [0, 0.05) is 13.1 Å². The van der Waals surface area contributed by atoms with Crippen molar-refractivity contribution in [2.24, 2.45) is 0 Å². The van der Waals surface area contributed by atoms with Gasteiger partial charge in [0.1, 0.15) is 11.6 Å². The lowest BCUT2D eigenvalue weighted by Gasteiger charge is -2.12. The second-order valence-electron chi connectivity index (χ2n) is 5.62. The minimum atomic E-state index is -0.213. The summed E-state index contributed by atoms with van der Waals surface area (Å²) in [7, 11) is 1.68. The Hall–Kier alpha value is -2.14. The fraction of sp³-hybridized carbons (Fsp3) is 0.316. The highest BCUT2D eigenvalue weighted by Crippen LogP contribution is 2.19. The van der Waals surface area contributed by atoms with Gasteiger partial charge in [-0.2, -0.15) is 0 Å². The van der Waals surface area contributed by atoms with E-state index in [0.29, 0.717) is 11.7 Å². The number of ether oxygens (including phenoxy) is 1. The molecule has 0 amide bonds. The van der Waals surface area contributed by atoms with E-state index < -0.39 is 0 Å². The first-order valence-corrected chi connectivity index (χ1v) is 8.39. The molecule has 24 heavy (non-hydrogen) atoms. The highest BCUT2D eigenvalue weighted by atomic mass is 32.1. The summed E-state index contributed by atoms with van der Waals surface area (Å²) >= 11 is 5.28. The lowest BCUT2D eigenvalue weighted by atomic mass is 10.1. The Labute approximate surface area is 148 Å². The molecule has 3 nitrogen and oxygen atoms in total. The molecule has 0 atom stereocenters. The van der Waals surface area contributed by atoms with Crippen LogP contribution in [0.1, 0.15) is 16.7 Å². The molecule has 2 aromatic rings. The third kappa shape index (κ3) is 5.81. The Morgan fingerprint density at radius 2 is 1.71 bits per heavy atom. The van der Waals surface area contributed by atoms with E-state index in [-0.39, 0.29) is 5.82 Å². The molecule has 0 aliphatic carbocycles. The minimum Gasteiger partial charge on any atom is -0.496 e. The average Bonchev–Trinajstić information content (AvgIpc) is 2.57. The Morgan fingerprint density at radius 1 is 1.04 bits per heavy atom. The van der Waals surface area contributed by atoms with E-state index in [4.69, 9.17) is 17.0 Å². The molecule has 2 N–H and O–H groups in total. The maximum absolute atomic E-state index is 12.8. The van der Waals surface area contributed by atoms with Crippen molar-refractivity contribution in [1.82, 2.24) is 10.6 Å². The second kappa shape index (κ2) is 9.23. The number of nitrogens with one attached hydrogen (secondary N) is 2. The van der Waals surface area contributed by atoms with Crippen molar-refractivity contribution >= 4 is 17.3 Å². The Balaban J connectivity index is 1.70. The fourth-order valence-corrected chi connectivity index (χ4v) is 2.65. The highest BCUT2D eigenvalue weighted by molar-refractivity contribution is 7.80. The van der Waals surface area contributed by atoms with Gasteiger partial charge in [-0.15, -0.1) is 0 Å². The fourth-order valence-electron chi connectivity index (χ4n) is 2.45. The molecule has 2 rings (SSSR count). The van der Waals surface area contributed by atoms with E-state index in [9.17, 15) is 4.39 Å². The molecule has 0 fully saturated rings. The number of benzene rings is 2. The summed E-state index contributed by atoms with van der Waals surface area (Å²) in [5.74, 6) is 0.688. The van der Waals surface area contributed by atoms with Gasteiger partial charge in [-0.05, 0) is 61.3 Å². The zero-order chi connectivity index (χ0) is 17.4. The third-order valence-electron chi connectivity index (χ3n) is 3.73. The Morgan fingerprint density at radius 3 is 2.38 bits per heavy atom. The molecule has 0 aromatic heterocycles. The maximum Gasteiger partial charge on any atom is 0.166 e. The molecular weight excluding hydrogens is 323 g/mol. The first-order valence-electron chi connectivity index (χ1n) is 7.98. The van der Waals surface area contributed by atoms with Crippen LogP contribution in [0, 0.1) is 12.7 Å². The Kier molecular flexibility index (Phi) is 7.00. The van der Waals surface area contributed by atoms with Gasteiger partial charge in [0.25, 0.3) is 0 Å². The van der Waals surface area contributed by atoms with Crippen LogP contribution in [0.2, 0.25) is 0 Å². The standard InChI is InChI=1S/C19H23FN2OS/c1-14-3-8-18(23-2)16(13-14)10-12-22-19(24)21-11-9-15-4-6-17(20)7-5-15/h3-8,13H,9-12H2,1-2H3,(H2,21,22,24). The summed E-state index contributed by atoms with van der Waals surface area (Å²) < 4.78 is 18.2. The molecule has 128 valence electrons. The van der Waals surface area contributed by atoms with Crippen LogP contribution in [-0.4, -0.2) is 25.3 Å². The molecule has 0 aliphatic heterocycles. The second-order valence-corrected chi connectivity index (χ2v) is 6.03. The van der Waals surface area contributed by atoms with Crippen molar-refractivity contribution in [2.45, 2.75) is 19.8 Å². The number of thiocarbonyl (C=S) groups is 1. The molecule has 0 heterocycles.